The van der Waals surface area contributed by atoms with Gasteiger partial charge in [0.25, 0.3) is 0 Å². The van der Waals surface area contributed by atoms with Gasteiger partial charge in [-0.2, -0.15) is 0 Å². The number of hydrogen-bond acceptors (Lipinski definition) is 2. The third-order valence-corrected chi connectivity index (χ3v) is 4.09. The summed E-state index contributed by atoms with van der Waals surface area (Å²) in [7, 11) is 0. The third-order valence-electron chi connectivity index (χ3n) is 3.07. The fourth-order valence-corrected chi connectivity index (χ4v) is 2.80. The standard InChI is InChI=1S/C13H17F2NS/c14-13(15)9-17-12-3-1-10(2-4-12)11-5-7-16-8-6-11/h1-4,11,13,16H,5-9H2. The van der Waals surface area contributed by atoms with Gasteiger partial charge in [-0.05, 0) is 49.5 Å². The van der Waals surface area contributed by atoms with E-state index in [1.807, 2.05) is 12.1 Å². The molecule has 0 bridgehead atoms. The lowest BCUT2D eigenvalue weighted by Gasteiger charge is -2.23. The van der Waals surface area contributed by atoms with Gasteiger partial charge in [0, 0.05) is 4.90 Å². The molecule has 0 aromatic heterocycles. The lowest BCUT2D eigenvalue weighted by Crippen LogP contribution is -2.26. The van der Waals surface area contributed by atoms with Crippen molar-refractivity contribution in [3.63, 3.8) is 0 Å². The normalized spacial score (nSPS) is 17.6. The van der Waals surface area contributed by atoms with Crippen molar-refractivity contribution in [3.8, 4) is 0 Å². The number of halogens is 2. The van der Waals surface area contributed by atoms with Crippen molar-refractivity contribution in [1.82, 2.24) is 5.32 Å². The van der Waals surface area contributed by atoms with E-state index in [-0.39, 0.29) is 5.75 Å². The van der Waals surface area contributed by atoms with Gasteiger partial charge in [-0.1, -0.05) is 12.1 Å². The highest BCUT2D eigenvalue weighted by atomic mass is 32.2. The molecular formula is C13H17F2NS. The summed E-state index contributed by atoms with van der Waals surface area (Å²) in [5.41, 5.74) is 1.34. The van der Waals surface area contributed by atoms with Crippen LogP contribution in [-0.2, 0) is 0 Å². The summed E-state index contributed by atoms with van der Waals surface area (Å²) in [6.45, 7) is 2.15. The van der Waals surface area contributed by atoms with E-state index in [2.05, 4.69) is 17.4 Å². The summed E-state index contributed by atoms with van der Waals surface area (Å²) in [4.78, 5) is 0.933. The van der Waals surface area contributed by atoms with Crippen molar-refractivity contribution in [1.29, 1.82) is 0 Å². The van der Waals surface area contributed by atoms with Crippen molar-refractivity contribution in [3.05, 3.63) is 29.8 Å². The molecule has 0 aliphatic carbocycles. The molecule has 0 radical (unpaired) electrons. The van der Waals surface area contributed by atoms with Crippen LogP contribution in [0.4, 0.5) is 8.78 Å². The highest BCUT2D eigenvalue weighted by Crippen LogP contribution is 2.27. The molecule has 1 aliphatic heterocycles. The van der Waals surface area contributed by atoms with Crippen molar-refractivity contribution in [2.75, 3.05) is 18.8 Å². The fraction of sp³-hybridized carbons (Fsp3) is 0.538. The zero-order chi connectivity index (χ0) is 12.1. The molecule has 0 amide bonds. The molecule has 1 nitrogen and oxygen atoms in total. The summed E-state index contributed by atoms with van der Waals surface area (Å²) in [6, 6.07) is 8.10. The Morgan fingerprint density at radius 2 is 1.82 bits per heavy atom. The van der Waals surface area contributed by atoms with E-state index in [1.165, 1.54) is 30.2 Å². The van der Waals surface area contributed by atoms with Crippen molar-refractivity contribution < 1.29 is 8.78 Å². The molecule has 1 saturated heterocycles. The Labute approximate surface area is 105 Å². The number of benzene rings is 1. The second kappa shape index (κ2) is 6.36. The van der Waals surface area contributed by atoms with Gasteiger partial charge < -0.3 is 5.32 Å². The van der Waals surface area contributed by atoms with E-state index in [4.69, 9.17) is 0 Å². The fourth-order valence-electron chi connectivity index (χ4n) is 2.15. The van der Waals surface area contributed by atoms with Crippen LogP contribution in [0.3, 0.4) is 0 Å². The first kappa shape index (κ1) is 12.8. The first-order valence-electron chi connectivity index (χ1n) is 5.97. The van der Waals surface area contributed by atoms with E-state index in [0.29, 0.717) is 5.92 Å². The van der Waals surface area contributed by atoms with Crippen LogP contribution >= 0.6 is 11.8 Å². The second-order valence-corrected chi connectivity index (χ2v) is 5.39. The summed E-state index contributed by atoms with van der Waals surface area (Å²) < 4.78 is 24.1. The van der Waals surface area contributed by atoms with Gasteiger partial charge in [-0.3, -0.25) is 0 Å². The van der Waals surface area contributed by atoms with Crippen LogP contribution in [0.5, 0.6) is 0 Å². The van der Waals surface area contributed by atoms with Crippen molar-refractivity contribution in [2.45, 2.75) is 30.1 Å². The first-order valence-corrected chi connectivity index (χ1v) is 6.96. The molecule has 1 fully saturated rings. The van der Waals surface area contributed by atoms with Gasteiger partial charge in [-0.15, -0.1) is 11.8 Å². The molecule has 1 heterocycles. The van der Waals surface area contributed by atoms with E-state index in [1.54, 1.807) is 0 Å². The Kier molecular flexibility index (Phi) is 4.80. The molecule has 0 saturated carbocycles. The molecule has 17 heavy (non-hydrogen) atoms. The molecule has 4 heteroatoms. The smallest absolute Gasteiger partial charge is 0.247 e. The summed E-state index contributed by atoms with van der Waals surface area (Å²) in [5.74, 6) is 0.512. The van der Waals surface area contributed by atoms with Gasteiger partial charge in [0.15, 0.2) is 0 Å². The molecule has 0 unspecified atom stereocenters. The van der Waals surface area contributed by atoms with Crippen LogP contribution in [0.2, 0.25) is 0 Å². The average molecular weight is 257 g/mol. The van der Waals surface area contributed by atoms with Gasteiger partial charge in [0.1, 0.15) is 0 Å². The SMILES string of the molecule is FC(F)CSc1ccc(C2CCNCC2)cc1. The third kappa shape index (κ3) is 3.96. The Morgan fingerprint density at radius 1 is 1.18 bits per heavy atom. The van der Waals surface area contributed by atoms with E-state index < -0.39 is 6.43 Å². The molecule has 1 aromatic rings. The molecule has 0 spiro atoms. The first-order chi connectivity index (χ1) is 8.25. The van der Waals surface area contributed by atoms with E-state index >= 15 is 0 Å². The Hall–Kier alpha value is -0.610. The van der Waals surface area contributed by atoms with Crippen LogP contribution in [0, 0.1) is 0 Å². The van der Waals surface area contributed by atoms with Gasteiger partial charge in [0.05, 0.1) is 5.75 Å². The predicted molar refractivity (Wildman–Crippen MR) is 68.0 cm³/mol. The monoisotopic (exact) mass is 257 g/mol. The number of hydrogen-bond donors (Lipinski definition) is 1. The highest BCUT2D eigenvalue weighted by Gasteiger charge is 2.14. The zero-order valence-corrected chi connectivity index (χ0v) is 10.5. The number of thioether (sulfide) groups is 1. The molecule has 94 valence electrons. The minimum Gasteiger partial charge on any atom is -0.317 e. The predicted octanol–water partition coefficient (Wildman–Crippen LogP) is 3.51. The summed E-state index contributed by atoms with van der Waals surface area (Å²) in [5, 5.41) is 3.34. The van der Waals surface area contributed by atoms with Crippen LogP contribution in [0.15, 0.2) is 29.2 Å². The van der Waals surface area contributed by atoms with Crippen LogP contribution in [0.1, 0.15) is 24.3 Å². The molecule has 1 aliphatic rings. The van der Waals surface area contributed by atoms with Crippen LogP contribution in [-0.4, -0.2) is 25.3 Å². The quantitative estimate of drug-likeness (QED) is 0.828. The summed E-state index contributed by atoms with van der Waals surface area (Å²) >= 11 is 1.22. The second-order valence-electron chi connectivity index (χ2n) is 4.30. The lowest BCUT2D eigenvalue weighted by atomic mass is 9.90. The minimum absolute atomic E-state index is 0.118. The van der Waals surface area contributed by atoms with E-state index in [9.17, 15) is 8.78 Å². The average Bonchev–Trinajstić information content (AvgIpc) is 2.38. The molecule has 2 rings (SSSR count). The largest absolute Gasteiger partial charge is 0.317 e. The maximum Gasteiger partial charge on any atom is 0.247 e. The maximum absolute atomic E-state index is 12.1. The number of nitrogens with one attached hydrogen (secondary N) is 1. The lowest BCUT2D eigenvalue weighted by molar-refractivity contribution is 0.177. The van der Waals surface area contributed by atoms with Crippen molar-refractivity contribution in [2.24, 2.45) is 0 Å². The number of piperidine rings is 1. The topological polar surface area (TPSA) is 12.0 Å². The van der Waals surface area contributed by atoms with E-state index in [0.717, 1.165) is 18.0 Å². The van der Waals surface area contributed by atoms with Gasteiger partial charge in [-0.25, -0.2) is 8.78 Å². The van der Waals surface area contributed by atoms with Gasteiger partial charge >= 0.3 is 0 Å². The number of alkyl halides is 2. The molecular weight excluding hydrogens is 240 g/mol. The molecule has 0 atom stereocenters. The molecule has 1 aromatic carbocycles. The van der Waals surface area contributed by atoms with Crippen LogP contribution in [0.25, 0.3) is 0 Å². The maximum atomic E-state index is 12.1. The van der Waals surface area contributed by atoms with Gasteiger partial charge in [0.2, 0.25) is 6.43 Å². The highest BCUT2D eigenvalue weighted by molar-refractivity contribution is 7.99. The minimum atomic E-state index is -2.23. The Balaban J connectivity index is 1.92. The van der Waals surface area contributed by atoms with Crippen LogP contribution < -0.4 is 5.32 Å². The number of rotatable bonds is 4. The van der Waals surface area contributed by atoms with Crippen molar-refractivity contribution >= 4 is 11.8 Å². The summed E-state index contributed by atoms with van der Waals surface area (Å²) in [6.07, 6.45) is 0.108. The Morgan fingerprint density at radius 3 is 2.41 bits per heavy atom. The zero-order valence-electron chi connectivity index (χ0n) is 9.66. The Bertz CT molecular complexity index is 334. The molecule has 1 N–H and O–H groups in total.